The molecule has 2 amide bonds. The Kier molecular flexibility index (Phi) is 4.21. The van der Waals surface area contributed by atoms with Crippen LogP contribution in [0, 0.1) is 5.82 Å². The molecule has 2 fully saturated rings. The van der Waals surface area contributed by atoms with Gasteiger partial charge in [0.1, 0.15) is 11.6 Å². The first-order valence-corrected chi connectivity index (χ1v) is 8.73. The minimum atomic E-state index is -0.447. The fourth-order valence-corrected chi connectivity index (χ4v) is 3.90. The van der Waals surface area contributed by atoms with Crippen LogP contribution in [0.1, 0.15) is 19.3 Å². The van der Waals surface area contributed by atoms with Crippen molar-refractivity contribution >= 4 is 11.7 Å². The molecule has 2 atom stereocenters. The van der Waals surface area contributed by atoms with Gasteiger partial charge in [0.15, 0.2) is 0 Å². The smallest absolute Gasteiger partial charge is 0.321 e. The lowest BCUT2D eigenvalue weighted by Crippen LogP contribution is -2.41. The number of rotatable bonds is 2. The van der Waals surface area contributed by atoms with E-state index in [-0.39, 0.29) is 11.7 Å². The predicted molar refractivity (Wildman–Crippen MR) is 93.9 cm³/mol. The molecule has 132 valence electrons. The van der Waals surface area contributed by atoms with Crippen molar-refractivity contribution < 1.29 is 13.6 Å². The number of fused-ring (bicyclic) bond motifs is 2. The number of carbonyl (C=O) groups is 1. The Bertz CT molecular complexity index is 762. The Labute approximate surface area is 146 Å². The van der Waals surface area contributed by atoms with Gasteiger partial charge in [-0.1, -0.05) is 0 Å². The van der Waals surface area contributed by atoms with E-state index in [1.807, 2.05) is 0 Å². The first-order valence-electron chi connectivity index (χ1n) is 8.73. The van der Waals surface area contributed by atoms with Gasteiger partial charge in [-0.2, -0.15) is 0 Å². The molecule has 0 aliphatic carbocycles. The molecule has 2 unspecified atom stereocenters. The molecule has 1 N–H and O–H groups in total. The number of nitrogens with zero attached hydrogens (tertiary/aromatic N) is 2. The summed E-state index contributed by atoms with van der Waals surface area (Å²) in [5.41, 5.74) is 0.915. The summed E-state index contributed by atoms with van der Waals surface area (Å²) in [6, 6.07) is 8.91. The fraction of sp³-hybridized carbons (Fsp3) is 0.421. The van der Waals surface area contributed by atoms with Crippen molar-refractivity contribution in [3.63, 3.8) is 0 Å². The number of hydrogen-bond acceptors (Lipinski definition) is 3. The van der Waals surface area contributed by atoms with Crippen molar-refractivity contribution in [1.82, 2.24) is 9.80 Å². The van der Waals surface area contributed by atoms with Gasteiger partial charge in [0.2, 0.25) is 0 Å². The molecule has 2 bridgehead atoms. The molecule has 2 saturated heterocycles. The van der Waals surface area contributed by atoms with E-state index in [2.05, 4.69) is 17.3 Å². The maximum Gasteiger partial charge on any atom is 0.321 e. The number of hydrogen-bond donors (Lipinski definition) is 1. The lowest BCUT2D eigenvalue weighted by Gasteiger charge is -2.26. The van der Waals surface area contributed by atoms with Crippen molar-refractivity contribution in [2.75, 3.05) is 25.5 Å². The van der Waals surface area contributed by atoms with Gasteiger partial charge in [-0.25, -0.2) is 9.18 Å². The highest BCUT2D eigenvalue weighted by atomic mass is 19.1. The van der Waals surface area contributed by atoms with Crippen LogP contribution in [0.2, 0.25) is 0 Å². The number of urea groups is 1. The average molecular weight is 343 g/mol. The summed E-state index contributed by atoms with van der Waals surface area (Å²) < 4.78 is 19.5. The number of amides is 2. The van der Waals surface area contributed by atoms with Crippen LogP contribution in [-0.4, -0.2) is 48.1 Å². The molecule has 2 aromatic rings. The number of nitrogens with one attached hydrogen (secondary N) is 1. The van der Waals surface area contributed by atoms with E-state index in [9.17, 15) is 9.18 Å². The molecule has 3 heterocycles. The molecule has 1 aromatic carbocycles. The Balaban J connectivity index is 1.50. The van der Waals surface area contributed by atoms with Crippen molar-refractivity contribution in [2.24, 2.45) is 0 Å². The third-order valence-corrected chi connectivity index (χ3v) is 5.45. The zero-order valence-corrected chi connectivity index (χ0v) is 14.2. The number of carbonyl (C=O) groups excluding carboxylic acids is 1. The normalized spacial score (nSPS) is 23.5. The van der Waals surface area contributed by atoms with E-state index in [1.165, 1.54) is 12.5 Å². The van der Waals surface area contributed by atoms with Crippen LogP contribution < -0.4 is 5.32 Å². The van der Waals surface area contributed by atoms with Crippen LogP contribution >= 0.6 is 0 Å². The molecule has 0 spiro atoms. The molecule has 2 aliphatic rings. The fourth-order valence-electron chi connectivity index (χ4n) is 3.90. The first kappa shape index (κ1) is 16.1. The van der Waals surface area contributed by atoms with Gasteiger partial charge >= 0.3 is 6.03 Å². The van der Waals surface area contributed by atoms with Crippen LogP contribution in [0.15, 0.2) is 41.0 Å². The summed E-state index contributed by atoms with van der Waals surface area (Å²) >= 11 is 0. The molecular formula is C19H22FN3O2. The second kappa shape index (κ2) is 6.52. The highest BCUT2D eigenvalue weighted by Crippen LogP contribution is 2.29. The van der Waals surface area contributed by atoms with Crippen molar-refractivity contribution in [3.05, 3.63) is 42.4 Å². The van der Waals surface area contributed by atoms with E-state index in [4.69, 9.17) is 4.42 Å². The van der Waals surface area contributed by atoms with Gasteiger partial charge < -0.3 is 14.6 Å². The largest absolute Gasteiger partial charge is 0.464 e. The van der Waals surface area contributed by atoms with E-state index in [0.29, 0.717) is 30.9 Å². The van der Waals surface area contributed by atoms with Crippen LogP contribution in [0.4, 0.5) is 14.9 Å². The monoisotopic (exact) mass is 343 g/mol. The summed E-state index contributed by atoms with van der Waals surface area (Å²) in [5.74, 6) is 0.196. The van der Waals surface area contributed by atoms with E-state index in [0.717, 1.165) is 18.4 Å². The van der Waals surface area contributed by atoms with Crippen LogP contribution in [0.3, 0.4) is 0 Å². The molecular weight excluding hydrogens is 321 g/mol. The first-order chi connectivity index (χ1) is 12.1. The summed E-state index contributed by atoms with van der Waals surface area (Å²) in [6.07, 6.45) is 4.86. The van der Waals surface area contributed by atoms with Gasteiger partial charge in [0, 0.05) is 30.7 Å². The summed E-state index contributed by atoms with van der Waals surface area (Å²) in [6.45, 7) is 1.40. The number of benzene rings is 1. The van der Waals surface area contributed by atoms with Gasteiger partial charge in [-0.05, 0) is 56.6 Å². The molecule has 4 rings (SSSR count). The van der Waals surface area contributed by atoms with Gasteiger partial charge in [0.25, 0.3) is 0 Å². The lowest BCUT2D eigenvalue weighted by molar-refractivity contribution is 0.200. The third-order valence-electron chi connectivity index (χ3n) is 5.45. The topological polar surface area (TPSA) is 48.7 Å². The maximum atomic E-state index is 14.2. The molecule has 25 heavy (non-hydrogen) atoms. The molecule has 1 aromatic heterocycles. The van der Waals surface area contributed by atoms with E-state index < -0.39 is 5.82 Å². The van der Waals surface area contributed by atoms with Crippen LogP contribution in [0.5, 0.6) is 0 Å². The van der Waals surface area contributed by atoms with Crippen molar-refractivity contribution in [1.29, 1.82) is 0 Å². The minimum absolute atomic E-state index is 0.182. The van der Waals surface area contributed by atoms with Crippen LogP contribution in [0.25, 0.3) is 11.3 Å². The Hall–Kier alpha value is -2.34. The summed E-state index contributed by atoms with van der Waals surface area (Å²) in [7, 11) is 2.14. The second-order valence-electron chi connectivity index (χ2n) is 6.89. The quantitative estimate of drug-likeness (QED) is 0.903. The third kappa shape index (κ3) is 3.14. The molecule has 2 aliphatic heterocycles. The number of likely N-dealkylation sites (tertiary alicyclic amines) is 1. The summed E-state index contributed by atoms with van der Waals surface area (Å²) in [5, 5.41) is 2.74. The van der Waals surface area contributed by atoms with E-state index in [1.54, 1.807) is 35.4 Å². The number of halogens is 1. The Morgan fingerprint density at radius 1 is 1.24 bits per heavy atom. The zero-order chi connectivity index (χ0) is 17.4. The number of likely N-dealkylation sites (N-methyl/N-ethyl adjacent to an activating group) is 1. The predicted octanol–water partition coefficient (Wildman–Crippen LogP) is 3.79. The number of furan rings is 1. The van der Waals surface area contributed by atoms with E-state index >= 15 is 0 Å². The number of anilines is 1. The Morgan fingerprint density at radius 2 is 2.08 bits per heavy atom. The maximum absolute atomic E-state index is 14.2. The SMILES string of the molecule is CN1C2CCC1CN(C(=O)Nc1cc(-c3ccco3)ccc1F)CC2. The van der Waals surface area contributed by atoms with Gasteiger partial charge in [-0.15, -0.1) is 0 Å². The standard InChI is InChI=1S/C19H22FN3O2/c1-22-14-5-6-15(22)12-23(9-8-14)19(24)21-17-11-13(4-7-16(17)20)18-3-2-10-25-18/h2-4,7,10-11,14-15H,5-6,8-9,12H2,1H3,(H,21,24). The highest BCUT2D eigenvalue weighted by molar-refractivity contribution is 5.90. The van der Waals surface area contributed by atoms with Crippen molar-refractivity contribution in [2.45, 2.75) is 31.3 Å². The second-order valence-corrected chi connectivity index (χ2v) is 6.89. The molecule has 0 radical (unpaired) electrons. The average Bonchev–Trinajstić information content (AvgIpc) is 3.18. The molecule has 0 saturated carbocycles. The molecule has 6 heteroatoms. The highest BCUT2D eigenvalue weighted by Gasteiger charge is 2.36. The van der Waals surface area contributed by atoms with Gasteiger partial charge in [0.05, 0.1) is 12.0 Å². The summed E-state index contributed by atoms with van der Waals surface area (Å²) in [4.78, 5) is 16.8. The lowest BCUT2D eigenvalue weighted by atomic mass is 10.1. The molecule has 5 nitrogen and oxygen atoms in total. The Morgan fingerprint density at radius 3 is 2.88 bits per heavy atom. The van der Waals surface area contributed by atoms with Gasteiger partial charge in [-0.3, -0.25) is 4.90 Å². The van der Waals surface area contributed by atoms with Crippen molar-refractivity contribution in [3.8, 4) is 11.3 Å². The minimum Gasteiger partial charge on any atom is -0.464 e. The zero-order valence-electron chi connectivity index (χ0n) is 14.2. The van der Waals surface area contributed by atoms with Crippen LogP contribution in [-0.2, 0) is 0 Å².